The van der Waals surface area contributed by atoms with Gasteiger partial charge in [0.25, 0.3) is 5.56 Å². The summed E-state index contributed by atoms with van der Waals surface area (Å²) in [6.07, 6.45) is 12.7. The lowest BCUT2D eigenvalue weighted by atomic mass is 9.87. The molecule has 1 aliphatic carbocycles. The third kappa shape index (κ3) is 3.81. The molecule has 28 heavy (non-hydrogen) atoms. The summed E-state index contributed by atoms with van der Waals surface area (Å²) in [5.41, 5.74) is 2.34. The normalized spacial score (nSPS) is 16.9. The quantitative estimate of drug-likeness (QED) is 0.722. The molecule has 0 aromatic carbocycles. The van der Waals surface area contributed by atoms with Crippen LogP contribution in [0, 0.1) is 5.92 Å². The standard InChI is InChI=1S/C22H27N3O3/c1-4-6-12-25-14-18(16-9-11-23-20(16)22(25)27)17-13-15(7-8-19(17)28-3)21(26)24-10-5-2/h4,6-9,11,14-15,23H,5,10,12-13H2,1-3H3,(H,24,26)/b6-4+. The van der Waals surface area contributed by atoms with E-state index < -0.39 is 0 Å². The second-order valence-electron chi connectivity index (χ2n) is 6.84. The highest BCUT2D eigenvalue weighted by Gasteiger charge is 2.26. The molecule has 0 fully saturated rings. The van der Waals surface area contributed by atoms with Gasteiger partial charge < -0.3 is 19.6 Å². The van der Waals surface area contributed by atoms with E-state index in [1.807, 2.05) is 50.4 Å². The number of allylic oxidation sites excluding steroid dienone is 4. The Labute approximate surface area is 164 Å². The number of amides is 1. The van der Waals surface area contributed by atoms with E-state index in [9.17, 15) is 9.59 Å². The van der Waals surface area contributed by atoms with Crippen LogP contribution in [0.4, 0.5) is 0 Å². The highest BCUT2D eigenvalue weighted by molar-refractivity contribution is 5.94. The van der Waals surface area contributed by atoms with Crippen molar-refractivity contribution in [3.8, 4) is 0 Å². The summed E-state index contributed by atoms with van der Waals surface area (Å²) in [4.78, 5) is 28.3. The molecule has 3 rings (SSSR count). The Kier molecular flexibility index (Phi) is 6.19. The van der Waals surface area contributed by atoms with E-state index in [0.717, 1.165) is 28.7 Å². The molecule has 0 spiro atoms. The zero-order valence-electron chi connectivity index (χ0n) is 16.6. The number of aromatic nitrogens is 2. The van der Waals surface area contributed by atoms with Gasteiger partial charge in [-0.2, -0.15) is 0 Å². The molecule has 6 nitrogen and oxygen atoms in total. The van der Waals surface area contributed by atoms with Crippen molar-refractivity contribution in [3.63, 3.8) is 0 Å². The van der Waals surface area contributed by atoms with Crippen LogP contribution < -0.4 is 10.9 Å². The van der Waals surface area contributed by atoms with Crippen LogP contribution in [0.1, 0.15) is 32.3 Å². The minimum absolute atomic E-state index is 0.0123. The van der Waals surface area contributed by atoms with Crippen LogP contribution in [0.5, 0.6) is 0 Å². The van der Waals surface area contributed by atoms with Gasteiger partial charge in [0.1, 0.15) is 11.3 Å². The lowest BCUT2D eigenvalue weighted by molar-refractivity contribution is -0.123. The molecule has 0 saturated heterocycles. The molecule has 1 unspecified atom stereocenters. The molecule has 2 N–H and O–H groups in total. The van der Waals surface area contributed by atoms with E-state index >= 15 is 0 Å². The number of nitrogens with zero attached hydrogens (tertiary/aromatic N) is 1. The average Bonchev–Trinajstić information content (AvgIpc) is 3.21. The van der Waals surface area contributed by atoms with Crippen LogP contribution in [0.25, 0.3) is 16.5 Å². The summed E-state index contributed by atoms with van der Waals surface area (Å²) in [5, 5.41) is 3.81. The topological polar surface area (TPSA) is 76.1 Å². The first-order valence-corrected chi connectivity index (χ1v) is 9.65. The summed E-state index contributed by atoms with van der Waals surface area (Å²) in [6.45, 7) is 5.11. The van der Waals surface area contributed by atoms with Crippen molar-refractivity contribution in [2.75, 3.05) is 13.7 Å². The van der Waals surface area contributed by atoms with E-state index in [-0.39, 0.29) is 17.4 Å². The van der Waals surface area contributed by atoms with E-state index in [0.29, 0.717) is 25.0 Å². The fraction of sp³-hybridized carbons (Fsp3) is 0.364. The molecule has 0 radical (unpaired) electrons. The second kappa shape index (κ2) is 8.78. The summed E-state index contributed by atoms with van der Waals surface area (Å²) in [6, 6.07) is 1.90. The predicted molar refractivity (Wildman–Crippen MR) is 112 cm³/mol. The van der Waals surface area contributed by atoms with Gasteiger partial charge in [0.15, 0.2) is 0 Å². The molecule has 6 heteroatoms. The Morgan fingerprint density at radius 3 is 3.00 bits per heavy atom. The highest BCUT2D eigenvalue weighted by atomic mass is 16.5. The van der Waals surface area contributed by atoms with Gasteiger partial charge in [0.05, 0.1) is 13.0 Å². The molecule has 0 aliphatic heterocycles. The van der Waals surface area contributed by atoms with Crippen LogP contribution in [0.3, 0.4) is 0 Å². The van der Waals surface area contributed by atoms with Crippen LogP contribution in [0.15, 0.2) is 53.3 Å². The predicted octanol–water partition coefficient (Wildman–Crippen LogP) is 3.37. The van der Waals surface area contributed by atoms with E-state index in [1.165, 1.54) is 0 Å². The maximum Gasteiger partial charge on any atom is 0.275 e. The number of pyridine rings is 1. The summed E-state index contributed by atoms with van der Waals surface area (Å²) in [5.74, 6) is 0.474. The van der Waals surface area contributed by atoms with Crippen LogP contribution >= 0.6 is 0 Å². The molecule has 1 amide bonds. The number of ether oxygens (including phenoxy) is 1. The number of methoxy groups -OCH3 is 1. The molecule has 1 atom stereocenters. The van der Waals surface area contributed by atoms with Crippen molar-refractivity contribution < 1.29 is 9.53 Å². The van der Waals surface area contributed by atoms with Crippen molar-refractivity contribution in [2.24, 2.45) is 5.92 Å². The monoisotopic (exact) mass is 381 g/mol. The first-order chi connectivity index (χ1) is 13.6. The van der Waals surface area contributed by atoms with Gasteiger partial charge in [-0.15, -0.1) is 0 Å². The molecule has 1 aliphatic rings. The Morgan fingerprint density at radius 2 is 2.29 bits per heavy atom. The number of hydrogen-bond acceptors (Lipinski definition) is 3. The minimum Gasteiger partial charge on any atom is -0.496 e. The maximum absolute atomic E-state index is 12.7. The number of nitrogens with one attached hydrogen (secondary N) is 2. The first kappa shape index (κ1) is 19.7. The molecular formula is C22H27N3O3. The van der Waals surface area contributed by atoms with Gasteiger partial charge in [-0.25, -0.2) is 0 Å². The molecule has 0 bridgehead atoms. The first-order valence-electron chi connectivity index (χ1n) is 9.65. The van der Waals surface area contributed by atoms with Gasteiger partial charge in [0.2, 0.25) is 5.91 Å². The number of aromatic amines is 1. The molecular weight excluding hydrogens is 354 g/mol. The third-order valence-corrected chi connectivity index (χ3v) is 4.97. The van der Waals surface area contributed by atoms with Crippen molar-refractivity contribution >= 4 is 22.4 Å². The van der Waals surface area contributed by atoms with Gasteiger partial charge >= 0.3 is 0 Å². The zero-order valence-corrected chi connectivity index (χ0v) is 16.6. The number of carbonyl (C=O) groups excluding carboxylic acids is 1. The Morgan fingerprint density at radius 1 is 1.46 bits per heavy atom. The van der Waals surface area contributed by atoms with Gasteiger partial charge in [-0.3, -0.25) is 9.59 Å². The number of rotatable bonds is 7. The Hall–Kier alpha value is -3.02. The van der Waals surface area contributed by atoms with E-state index in [4.69, 9.17) is 4.74 Å². The SMILES string of the molecule is C/C=C/Cn1cc(C2=C(OC)C=CC(C(=O)NCCC)C2)c2cc[nH]c2c1=O. The average molecular weight is 381 g/mol. The second-order valence-corrected chi connectivity index (χ2v) is 6.84. The smallest absolute Gasteiger partial charge is 0.275 e. The Balaban J connectivity index is 2.08. The molecule has 148 valence electrons. The summed E-state index contributed by atoms with van der Waals surface area (Å²) in [7, 11) is 1.63. The molecule has 2 heterocycles. The zero-order chi connectivity index (χ0) is 20.1. The fourth-order valence-electron chi connectivity index (χ4n) is 3.48. The van der Waals surface area contributed by atoms with Crippen molar-refractivity contribution in [1.29, 1.82) is 0 Å². The third-order valence-electron chi connectivity index (χ3n) is 4.97. The van der Waals surface area contributed by atoms with Gasteiger partial charge in [-0.05, 0) is 31.9 Å². The number of hydrogen-bond donors (Lipinski definition) is 2. The fourth-order valence-corrected chi connectivity index (χ4v) is 3.48. The van der Waals surface area contributed by atoms with Crippen LogP contribution in [-0.2, 0) is 16.1 Å². The summed E-state index contributed by atoms with van der Waals surface area (Å²) < 4.78 is 7.27. The van der Waals surface area contributed by atoms with Crippen molar-refractivity contribution in [1.82, 2.24) is 14.9 Å². The number of fused-ring (bicyclic) bond motifs is 1. The van der Waals surface area contributed by atoms with E-state index in [1.54, 1.807) is 17.9 Å². The number of carbonyl (C=O) groups is 1. The molecule has 0 saturated carbocycles. The van der Waals surface area contributed by atoms with Crippen LogP contribution in [-0.4, -0.2) is 29.1 Å². The summed E-state index contributed by atoms with van der Waals surface area (Å²) >= 11 is 0. The molecule has 2 aromatic heterocycles. The largest absolute Gasteiger partial charge is 0.496 e. The van der Waals surface area contributed by atoms with Crippen molar-refractivity contribution in [3.05, 3.63) is 64.4 Å². The lowest BCUT2D eigenvalue weighted by Crippen LogP contribution is -2.31. The van der Waals surface area contributed by atoms with Crippen LogP contribution in [0.2, 0.25) is 0 Å². The molecule has 2 aromatic rings. The van der Waals surface area contributed by atoms with E-state index in [2.05, 4.69) is 10.3 Å². The van der Waals surface area contributed by atoms with Crippen molar-refractivity contribution in [2.45, 2.75) is 33.2 Å². The number of H-pyrrole nitrogens is 1. The Bertz CT molecular complexity index is 1010. The lowest BCUT2D eigenvalue weighted by Gasteiger charge is -2.22. The minimum atomic E-state index is -0.259. The van der Waals surface area contributed by atoms with Gasteiger partial charge in [0, 0.05) is 42.0 Å². The van der Waals surface area contributed by atoms with Gasteiger partial charge in [-0.1, -0.05) is 25.2 Å². The highest BCUT2D eigenvalue weighted by Crippen LogP contribution is 2.35. The maximum atomic E-state index is 12.7.